The van der Waals surface area contributed by atoms with Gasteiger partial charge in [0.05, 0.1) is 4.90 Å². The molecule has 0 aromatic heterocycles. The lowest BCUT2D eigenvalue weighted by atomic mass is 10.1. The maximum atomic E-state index is 12.5. The van der Waals surface area contributed by atoms with Gasteiger partial charge in [-0.25, -0.2) is 13.1 Å². The molecule has 0 fully saturated rings. The van der Waals surface area contributed by atoms with Crippen LogP contribution in [0.5, 0.6) is 0 Å². The van der Waals surface area contributed by atoms with E-state index < -0.39 is 10.0 Å². The third-order valence-electron chi connectivity index (χ3n) is 3.42. The molecular weight excluding hydrogens is 314 g/mol. The van der Waals surface area contributed by atoms with Crippen LogP contribution in [0.2, 0.25) is 0 Å². The summed E-state index contributed by atoms with van der Waals surface area (Å²) in [5, 5.41) is 4.95. The minimum Gasteiger partial charge on any atom is -0.377 e. The molecule has 0 saturated heterocycles. The fourth-order valence-electron chi connectivity index (χ4n) is 2.37. The molecule has 7 nitrogen and oxygen atoms in total. The average molecular weight is 333 g/mol. The van der Waals surface area contributed by atoms with Gasteiger partial charge >= 0.3 is 0 Å². The molecule has 1 N–H and O–H groups in total. The smallest absolute Gasteiger partial charge is 0.241 e. The van der Waals surface area contributed by atoms with E-state index in [1.807, 2.05) is 37.2 Å². The minimum atomic E-state index is -3.62. The highest BCUT2D eigenvalue weighted by atomic mass is 32.2. The summed E-state index contributed by atoms with van der Waals surface area (Å²) in [4.78, 5) is 4.84. The molecule has 0 aliphatic rings. The first-order chi connectivity index (χ1) is 11.0. The summed E-state index contributed by atoms with van der Waals surface area (Å²) >= 11 is 0. The van der Waals surface area contributed by atoms with Gasteiger partial charge in [-0.15, -0.1) is 0 Å². The van der Waals surface area contributed by atoms with Gasteiger partial charge in [-0.2, -0.15) is 0 Å². The van der Waals surface area contributed by atoms with E-state index in [1.54, 1.807) is 18.2 Å². The van der Waals surface area contributed by atoms with Crippen molar-refractivity contribution in [2.24, 2.45) is 5.11 Å². The number of sulfonamides is 1. The Labute approximate surface area is 135 Å². The van der Waals surface area contributed by atoms with Crippen molar-refractivity contribution in [1.82, 2.24) is 4.72 Å². The first-order valence-electron chi connectivity index (χ1n) is 7.17. The van der Waals surface area contributed by atoms with Crippen molar-refractivity contribution in [3.63, 3.8) is 0 Å². The number of hydrogen-bond donors (Lipinski definition) is 1. The monoisotopic (exact) mass is 333 g/mol. The predicted molar refractivity (Wildman–Crippen MR) is 92.1 cm³/mol. The highest BCUT2D eigenvalue weighted by Crippen LogP contribution is 2.29. The van der Waals surface area contributed by atoms with Gasteiger partial charge in [0.15, 0.2) is 0 Å². The van der Waals surface area contributed by atoms with Crippen LogP contribution < -0.4 is 9.62 Å². The Morgan fingerprint density at radius 2 is 1.87 bits per heavy atom. The predicted octanol–water partition coefficient (Wildman–Crippen LogP) is 2.88. The summed E-state index contributed by atoms with van der Waals surface area (Å²) in [7, 11) is 0.221. The lowest BCUT2D eigenvalue weighted by Crippen LogP contribution is -2.25. The molecule has 122 valence electrons. The summed E-state index contributed by atoms with van der Waals surface area (Å²) in [5.41, 5.74) is 9.17. The summed E-state index contributed by atoms with van der Waals surface area (Å²) in [6, 6.07) is 10.8. The Balaban J connectivity index is 2.35. The van der Waals surface area contributed by atoms with Gasteiger partial charge in [0.25, 0.3) is 0 Å². The minimum absolute atomic E-state index is 0.227. The molecule has 0 radical (unpaired) electrons. The summed E-state index contributed by atoms with van der Waals surface area (Å²) in [6.45, 7) is 0.491. The van der Waals surface area contributed by atoms with Gasteiger partial charge < -0.3 is 4.90 Å². The van der Waals surface area contributed by atoms with Crippen LogP contribution in [-0.2, 0) is 10.0 Å². The van der Waals surface area contributed by atoms with E-state index in [0.29, 0.717) is 11.8 Å². The maximum absolute atomic E-state index is 12.5. The largest absolute Gasteiger partial charge is 0.377 e. The second-order valence-corrected chi connectivity index (χ2v) is 6.96. The lowest BCUT2D eigenvalue weighted by Gasteiger charge is -2.17. The normalized spacial score (nSPS) is 11.2. The zero-order valence-electron chi connectivity index (χ0n) is 13.1. The highest BCUT2D eigenvalue weighted by Gasteiger charge is 2.17. The van der Waals surface area contributed by atoms with Gasteiger partial charge in [0.2, 0.25) is 10.0 Å². The van der Waals surface area contributed by atoms with Crippen LogP contribution >= 0.6 is 0 Å². The topological polar surface area (TPSA) is 98.2 Å². The van der Waals surface area contributed by atoms with Crippen molar-refractivity contribution in [2.75, 3.05) is 32.1 Å². The molecule has 0 heterocycles. The van der Waals surface area contributed by atoms with Crippen molar-refractivity contribution in [3.8, 4) is 0 Å². The zero-order valence-corrected chi connectivity index (χ0v) is 13.9. The molecule has 0 spiro atoms. The van der Waals surface area contributed by atoms with Crippen molar-refractivity contribution in [1.29, 1.82) is 0 Å². The number of hydrogen-bond acceptors (Lipinski definition) is 4. The average Bonchev–Trinajstić information content (AvgIpc) is 2.53. The first-order valence-corrected chi connectivity index (χ1v) is 8.65. The molecule has 8 heteroatoms. The number of nitrogens with one attached hydrogen (secondary N) is 1. The molecule has 0 aliphatic carbocycles. The maximum Gasteiger partial charge on any atom is 0.241 e. The third kappa shape index (κ3) is 3.92. The molecule has 2 aromatic carbocycles. The van der Waals surface area contributed by atoms with Gasteiger partial charge in [-0.1, -0.05) is 29.4 Å². The van der Waals surface area contributed by atoms with Crippen LogP contribution in [0.4, 0.5) is 5.69 Å². The zero-order chi connectivity index (χ0) is 16.9. The van der Waals surface area contributed by atoms with Crippen molar-refractivity contribution < 1.29 is 8.42 Å². The molecule has 2 rings (SSSR count). The number of fused-ring (bicyclic) bond motifs is 1. The summed E-state index contributed by atoms with van der Waals surface area (Å²) in [6.07, 6.45) is 0.455. The van der Waals surface area contributed by atoms with Crippen molar-refractivity contribution in [3.05, 3.63) is 46.8 Å². The Morgan fingerprint density at radius 1 is 1.17 bits per heavy atom. The van der Waals surface area contributed by atoms with Crippen molar-refractivity contribution >= 4 is 26.5 Å². The first kappa shape index (κ1) is 17.1. The van der Waals surface area contributed by atoms with E-state index in [9.17, 15) is 8.42 Å². The Bertz CT molecular complexity index is 842. The van der Waals surface area contributed by atoms with E-state index in [-0.39, 0.29) is 18.0 Å². The molecule has 23 heavy (non-hydrogen) atoms. The van der Waals surface area contributed by atoms with Crippen LogP contribution in [0.15, 0.2) is 46.4 Å². The standard InChI is InChI=1S/C15H19N5O2S/c1-20(2)14-8-3-7-13-12(14)6-4-9-15(13)23(21,22)18-11-5-10-17-19-16/h3-4,6-9,18H,5,10-11H2,1-2H3. The number of nitrogens with zero attached hydrogens (tertiary/aromatic N) is 4. The summed E-state index contributed by atoms with van der Waals surface area (Å²) < 4.78 is 27.6. The van der Waals surface area contributed by atoms with Gasteiger partial charge in [0, 0.05) is 48.6 Å². The van der Waals surface area contributed by atoms with Gasteiger partial charge in [-0.3, -0.25) is 0 Å². The highest BCUT2D eigenvalue weighted by molar-refractivity contribution is 7.89. The van der Waals surface area contributed by atoms with Crippen LogP contribution in [0.1, 0.15) is 6.42 Å². The fraction of sp³-hybridized carbons (Fsp3) is 0.333. The molecule has 0 saturated carbocycles. The van der Waals surface area contributed by atoms with E-state index in [4.69, 9.17) is 5.53 Å². The molecule has 0 atom stereocenters. The molecule has 0 bridgehead atoms. The van der Waals surface area contributed by atoms with E-state index in [2.05, 4.69) is 14.7 Å². The molecule has 0 amide bonds. The van der Waals surface area contributed by atoms with Crippen LogP contribution in [0.25, 0.3) is 21.2 Å². The Hall–Kier alpha value is -2.28. The second kappa shape index (κ2) is 7.32. The number of anilines is 1. The van der Waals surface area contributed by atoms with E-state index >= 15 is 0 Å². The van der Waals surface area contributed by atoms with Crippen LogP contribution in [-0.4, -0.2) is 35.6 Å². The molecular formula is C15H19N5O2S. The van der Waals surface area contributed by atoms with Gasteiger partial charge in [0.1, 0.15) is 0 Å². The molecule has 2 aromatic rings. The molecule has 0 aliphatic heterocycles. The van der Waals surface area contributed by atoms with Crippen molar-refractivity contribution in [2.45, 2.75) is 11.3 Å². The molecule has 0 unspecified atom stereocenters. The summed E-state index contributed by atoms with van der Waals surface area (Å²) in [5.74, 6) is 0. The Morgan fingerprint density at radius 3 is 2.57 bits per heavy atom. The number of benzene rings is 2. The number of azide groups is 1. The van der Waals surface area contributed by atoms with E-state index in [0.717, 1.165) is 11.1 Å². The van der Waals surface area contributed by atoms with Crippen LogP contribution in [0, 0.1) is 0 Å². The second-order valence-electron chi connectivity index (χ2n) is 5.23. The van der Waals surface area contributed by atoms with Crippen LogP contribution in [0.3, 0.4) is 0 Å². The fourth-order valence-corrected chi connectivity index (χ4v) is 3.66. The van der Waals surface area contributed by atoms with E-state index in [1.165, 1.54) is 0 Å². The van der Waals surface area contributed by atoms with Gasteiger partial charge in [-0.05, 0) is 24.1 Å². The lowest BCUT2D eigenvalue weighted by molar-refractivity contribution is 0.580. The quantitative estimate of drug-likeness (QED) is 0.365. The Kier molecular flexibility index (Phi) is 5.44. The third-order valence-corrected chi connectivity index (χ3v) is 4.94. The number of rotatable bonds is 7. The SMILES string of the molecule is CN(C)c1cccc2c(S(=O)(=O)NCCCN=[N+]=[N-])cccc12.